The van der Waals surface area contributed by atoms with Crippen LogP contribution in [0.15, 0.2) is 77.6 Å². The van der Waals surface area contributed by atoms with E-state index in [2.05, 4.69) is 6.92 Å². The highest BCUT2D eigenvalue weighted by atomic mass is 19.1. The van der Waals surface area contributed by atoms with E-state index in [1.165, 1.54) is 24.3 Å². The zero-order valence-corrected chi connectivity index (χ0v) is 21.1. The summed E-state index contributed by atoms with van der Waals surface area (Å²) in [5.41, 5.74) is 2.50. The molecule has 4 aromatic rings. The summed E-state index contributed by atoms with van der Waals surface area (Å²) in [4.78, 5) is 34.1. The minimum atomic E-state index is -0.499. The number of hydrogen-bond donors (Lipinski definition) is 0. The predicted octanol–water partition coefficient (Wildman–Crippen LogP) is 6.62. The molecule has 6 heteroatoms. The zero-order chi connectivity index (χ0) is 25.7. The van der Waals surface area contributed by atoms with Crippen molar-refractivity contribution in [2.45, 2.75) is 52.5 Å². The number of hydrogen-bond acceptors (Lipinski definition) is 3. The molecule has 1 amide bonds. The van der Waals surface area contributed by atoms with Gasteiger partial charge in [-0.2, -0.15) is 0 Å². The molecule has 0 aliphatic heterocycles. The van der Waals surface area contributed by atoms with E-state index in [0.29, 0.717) is 28.8 Å². The highest BCUT2D eigenvalue weighted by molar-refractivity contribution is 5.94. The second-order valence-corrected chi connectivity index (χ2v) is 9.16. The van der Waals surface area contributed by atoms with Crippen molar-refractivity contribution < 1.29 is 9.18 Å². The molecule has 0 spiro atoms. The number of para-hydroxylation sites is 2. The minimum absolute atomic E-state index is 0.170. The van der Waals surface area contributed by atoms with Crippen molar-refractivity contribution >= 4 is 16.8 Å². The summed E-state index contributed by atoms with van der Waals surface area (Å²) in [6.45, 7) is 6.52. The molecule has 36 heavy (non-hydrogen) atoms. The average Bonchev–Trinajstić information content (AvgIpc) is 2.89. The number of fused-ring (bicyclic) bond motifs is 1. The van der Waals surface area contributed by atoms with Crippen LogP contribution in [-0.2, 0) is 0 Å². The SMILES string of the molecule is CCCCCCN(C(=O)c1ccc(F)cc1)C(C)c1nc2ccccc2c(=O)n1-c1ccccc1C. The number of unbranched alkanes of at least 4 members (excludes halogenated alkanes) is 3. The van der Waals surface area contributed by atoms with Gasteiger partial charge in [0.1, 0.15) is 11.6 Å². The van der Waals surface area contributed by atoms with Crippen LogP contribution in [0.1, 0.15) is 67.3 Å². The number of amides is 1. The van der Waals surface area contributed by atoms with Gasteiger partial charge < -0.3 is 4.90 Å². The molecule has 0 radical (unpaired) electrons. The molecular weight excluding hydrogens is 453 g/mol. The van der Waals surface area contributed by atoms with Crippen LogP contribution in [0.4, 0.5) is 4.39 Å². The molecule has 0 N–H and O–H groups in total. The molecule has 1 atom stereocenters. The lowest BCUT2D eigenvalue weighted by Crippen LogP contribution is -2.38. The Kier molecular flexibility index (Phi) is 7.93. The van der Waals surface area contributed by atoms with Gasteiger partial charge in [0.25, 0.3) is 11.5 Å². The lowest BCUT2D eigenvalue weighted by Gasteiger charge is -2.31. The third-order valence-electron chi connectivity index (χ3n) is 6.60. The Morgan fingerprint density at radius 1 is 0.972 bits per heavy atom. The molecule has 1 aromatic heterocycles. The van der Waals surface area contributed by atoms with Gasteiger partial charge in [-0.15, -0.1) is 0 Å². The van der Waals surface area contributed by atoms with Crippen LogP contribution in [0.2, 0.25) is 0 Å². The molecule has 0 bridgehead atoms. The minimum Gasteiger partial charge on any atom is -0.329 e. The van der Waals surface area contributed by atoms with Crippen molar-refractivity contribution in [3.63, 3.8) is 0 Å². The number of aromatic nitrogens is 2. The van der Waals surface area contributed by atoms with Gasteiger partial charge in [-0.1, -0.05) is 56.5 Å². The monoisotopic (exact) mass is 485 g/mol. The van der Waals surface area contributed by atoms with E-state index in [4.69, 9.17) is 4.98 Å². The van der Waals surface area contributed by atoms with Crippen LogP contribution < -0.4 is 5.56 Å². The molecule has 0 fully saturated rings. The first-order valence-electron chi connectivity index (χ1n) is 12.6. The standard InChI is InChI=1S/C30H32FN3O2/c1-4-5-6-11-20-33(29(35)23-16-18-24(31)19-17-23)22(3)28-32-26-14-9-8-13-25(26)30(36)34(28)27-15-10-7-12-21(27)2/h7-10,12-19,22H,4-6,11,20H2,1-3H3. The number of carbonyl (C=O) groups is 1. The normalized spacial score (nSPS) is 12.0. The summed E-state index contributed by atoms with van der Waals surface area (Å²) in [6, 6.07) is 20.1. The highest BCUT2D eigenvalue weighted by Gasteiger charge is 2.27. The number of benzene rings is 3. The Labute approximate surface area is 211 Å². The van der Waals surface area contributed by atoms with Gasteiger partial charge in [-0.05, 0) is 68.3 Å². The first-order chi connectivity index (χ1) is 17.4. The van der Waals surface area contributed by atoms with Crippen molar-refractivity contribution in [2.24, 2.45) is 0 Å². The molecule has 1 heterocycles. The van der Waals surface area contributed by atoms with Gasteiger partial charge in [0.15, 0.2) is 0 Å². The largest absolute Gasteiger partial charge is 0.329 e. The quantitative estimate of drug-likeness (QED) is 0.251. The van der Waals surface area contributed by atoms with Crippen molar-refractivity contribution in [1.82, 2.24) is 14.5 Å². The van der Waals surface area contributed by atoms with Gasteiger partial charge in [-0.3, -0.25) is 14.2 Å². The Bertz CT molecular complexity index is 1410. The lowest BCUT2D eigenvalue weighted by atomic mass is 10.1. The molecule has 0 saturated heterocycles. The number of aryl methyl sites for hydroxylation is 1. The van der Waals surface area contributed by atoms with Crippen LogP contribution in [0, 0.1) is 12.7 Å². The molecule has 4 rings (SSSR count). The van der Waals surface area contributed by atoms with Crippen molar-refractivity contribution in [2.75, 3.05) is 6.54 Å². The molecule has 186 valence electrons. The van der Waals surface area contributed by atoms with E-state index in [9.17, 15) is 14.0 Å². The second-order valence-electron chi connectivity index (χ2n) is 9.16. The first-order valence-corrected chi connectivity index (χ1v) is 12.6. The van der Waals surface area contributed by atoms with Crippen molar-refractivity contribution in [3.05, 3.63) is 106 Å². The van der Waals surface area contributed by atoms with Crippen molar-refractivity contribution in [1.29, 1.82) is 0 Å². The van der Waals surface area contributed by atoms with Crippen molar-refractivity contribution in [3.8, 4) is 5.69 Å². The lowest BCUT2D eigenvalue weighted by molar-refractivity contribution is 0.0677. The fourth-order valence-electron chi connectivity index (χ4n) is 4.55. The van der Waals surface area contributed by atoms with Crippen LogP contribution in [-0.4, -0.2) is 26.9 Å². The second kappa shape index (κ2) is 11.3. The van der Waals surface area contributed by atoms with Crippen LogP contribution in [0.3, 0.4) is 0 Å². The molecule has 1 unspecified atom stereocenters. The average molecular weight is 486 g/mol. The van der Waals surface area contributed by atoms with Gasteiger partial charge >= 0.3 is 0 Å². The van der Waals surface area contributed by atoms with E-state index in [-0.39, 0.29) is 11.5 Å². The summed E-state index contributed by atoms with van der Waals surface area (Å²) in [7, 11) is 0. The van der Waals surface area contributed by atoms with Crippen LogP contribution >= 0.6 is 0 Å². The Morgan fingerprint density at radius 2 is 1.67 bits per heavy atom. The van der Waals surface area contributed by atoms with E-state index >= 15 is 0 Å². The molecule has 3 aromatic carbocycles. The summed E-state index contributed by atoms with van der Waals surface area (Å²) >= 11 is 0. The van der Waals surface area contributed by atoms with Gasteiger partial charge in [0.05, 0.1) is 22.6 Å². The van der Waals surface area contributed by atoms with Crippen LogP contribution in [0.5, 0.6) is 0 Å². The number of halogens is 1. The Balaban J connectivity index is 1.86. The van der Waals surface area contributed by atoms with E-state index in [0.717, 1.165) is 36.9 Å². The third-order valence-corrected chi connectivity index (χ3v) is 6.60. The summed E-state index contributed by atoms with van der Waals surface area (Å²) in [6.07, 6.45) is 3.98. The highest BCUT2D eigenvalue weighted by Crippen LogP contribution is 2.26. The zero-order valence-electron chi connectivity index (χ0n) is 21.1. The Hall–Kier alpha value is -3.80. The fraction of sp³-hybridized carbons (Fsp3) is 0.300. The molecular formula is C30H32FN3O2. The topological polar surface area (TPSA) is 55.2 Å². The molecule has 0 saturated carbocycles. The Morgan fingerprint density at radius 3 is 2.39 bits per heavy atom. The van der Waals surface area contributed by atoms with Gasteiger partial charge in [0.2, 0.25) is 0 Å². The molecule has 0 aliphatic rings. The molecule has 5 nitrogen and oxygen atoms in total. The maximum Gasteiger partial charge on any atom is 0.266 e. The summed E-state index contributed by atoms with van der Waals surface area (Å²) in [5, 5.41) is 0.524. The van der Waals surface area contributed by atoms with Crippen LogP contribution in [0.25, 0.3) is 16.6 Å². The third kappa shape index (κ3) is 5.23. The maximum atomic E-state index is 13.8. The van der Waals surface area contributed by atoms with Gasteiger partial charge in [-0.25, -0.2) is 9.37 Å². The number of nitrogens with zero attached hydrogens (tertiary/aromatic N) is 3. The summed E-state index contributed by atoms with van der Waals surface area (Å²) < 4.78 is 15.2. The smallest absolute Gasteiger partial charge is 0.266 e. The van der Waals surface area contributed by atoms with E-state index < -0.39 is 11.9 Å². The fourth-order valence-corrected chi connectivity index (χ4v) is 4.55. The van der Waals surface area contributed by atoms with E-state index in [1.807, 2.05) is 56.3 Å². The first kappa shape index (κ1) is 25.3. The molecule has 0 aliphatic carbocycles. The number of rotatable bonds is 9. The number of carbonyl (C=O) groups excluding carboxylic acids is 1. The van der Waals surface area contributed by atoms with Gasteiger partial charge in [0, 0.05) is 12.1 Å². The maximum absolute atomic E-state index is 13.8. The predicted molar refractivity (Wildman–Crippen MR) is 142 cm³/mol. The van der Waals surface area contributed by atoms with E-state index in [1.54, 1.807) is 15.5 Å². The summed E-state index contributed by atoms with van der Waals surface area (Å²) in [5.74, 6) is -0.102.